The van der Waals surface area contributed by atoms with E-state index >= 15 is 0 Å². The molecule has 1 aromatic heterocycles. The highest BCUT2D eigenvalue weighted by Gasteiger charge is 2.31. The van der Waals surface area contributed by atoms with Crippen LogP contribution in [0, 0.1) is 5.92 Å². The number of rotatable bonds is 3. The average molecular weight is 342 g/mol. The SMILES string of the molecule is O=C(Nc1nc2ccc(OC(F)(F)F)cc2s1)C1CC=CCC1. The lowest BCUT2D eigenvalue weighted by Gasteiger charge is -2.15. The third-order valence-electron chi connectivity index (χ3n) is 3.46. The van der Waals surface area contributed by atoms with Gasteiger partial charge in [-0.3, -0.25) is 4.79 Å². The highest BCUT2D eigenvalue weighted by atomic mass is 32.1. The van der Waals surface area contributed by atoms with Gasteiger partial charge in [-0.05, 0) is 31.4 Å². The lowest BCUT2D eigenvalue weighted by atomic mass is 9.94. The van der Waals surface area contributed by atoms with Crippen molar-refractivity contribution in [2.24, 2.45) is 5.92 Å². The van der Waals surface area contributed by atoms with E-state index < -0.39 is 6.36 Å². The van der Waals surface area contributed by atoms with Crippen LogP contribution in [-0.2, 0) is 4.79 Å². The van der Waals surface area contributed by atoms with E-state index in [9.17, 15) is 18.0 Å². The highest BCUT2D eigenvalue weighted by Crippen LogP contribution is 2.32. The Hall–Kier alpha value is -2.09. The second kappa shape index (κ2) is 6.19. The van der Waals surface area contributed by atoms with Gasteiger partial charge in [0, 0.05) is 12.0 Å². The van der Waals surface area contributed by atoms with Crippen LogP contribution < -0.4 is 10.1 Å². The number of aromatic nitrogens is 1. The number of nitrogens with zero attached hydrogens (tertiary/aromatic N) is 1. The molecule has 3 rings (SSSR count). The summed E-state index contributed by atoms with van der Waals surface area (Å²) in [6, 6.07) is 3.90. The number of ether oxygens (including phenoxy) is 1. The van der Waals surface area contributed by atoms with E-state index in [1.54, 1.807) is 0 Å². The van der Waals surface area contributed by atoms with Crippen LogP contribution in [0.25, 0.3) is 10.2 Å². The number of thiazole rings is 1. The van der Waals surface area contributed by atoms with Gasteiger partial charge in [-0.1, -0.05) is 23.5 Å². The van der Waals surface area contributed by atoms with Crippen LogP contribution in [0.4, 0.5) is 18.3 Å². The van der Waals surface area contributed by atoms with E-state index in [0.29, 0.717) is 21.8 Å². The van der Waals surface area contributed by atoms with Gasteiger partial charge >= 0.3 is 6.36 Å². The number of anilines is 1. The van der Waals surface area contributed by atoms with Crippen molar-refractivity contribution in [3.8, 4) is 5.75 Å². The number of benzene rings is 1. The minimum absolute atomic E-state index is 0.0869. The van der Waals surface area contributed by atoms with Crippen molar-refractivity contribution < 1.29 is 22.7 Å². The third-order valence-corrected chi connectivity index (χ3v) is 4.40. The maximum Gasteiger partial charge on any atom is 0.573 e. The molecule has 122 valence electrons. The molecular weight excluding hydrogens is 329 g/mol. The predicted molar refractivity (Wildman–Crippen MR) is 81.4 cm³/mol. The molecule has 1 atom stereocenters. The lowest BCUT2D eigenvalue weighted by molar-refractivity contribution is -0.274. The first-order valence-corrected chi connectivity index (χ1v) is 7.84. The summed E-state index contributed by atoms with van der Waals surface area (Å²) in [7, 11) is 0. The highest BCUT2D eigenvalue weighted by molar-refractivity contribution is 7.22. The van der Waals surface area contributed by atoms with Gasteiger partial charge in [-0.2, -0.15) is 0 Å². The molecule has 4 nitrogen and oxygen atoms in total. The number of amides is 1. The van der Waals surface area contributed by atoms with Gasteiger partial charge in [0.15, 0.2) is 5.13 Å². The Kier molecular flexibility index (Phi) is 4.25. The van der Waals surface area contributed by atoms with Crippen LogP contribution in [0.1, 0.15) is 19.3 Å². The standard InChI is InChI=1S/C15H13F3N2O2S/c16-15(17,18)22-10-6-7-11-12(8-10)23-14(19-11)20-13(21)9-4-2-1-3-5-9/h1-2,6-9H,3-5H2,(H,19,20,21). The van der Waals surface area contributed by atoms with Crippen LogP contribution in [0.3, 0.4) is 0 Å². The van der Waals surface area contributed by atoms with Gasteiger partial charge in [-0.15, -0.1) is 13.2 Å². The smallest absolute Gasteiger partial charge is 0.406 e. The maximum absolute atomic E-state index is 12.2. The van der Waals surface area contributed by atoms with Crippen molar-refractivity contribution in [2.75, 3.05) is 5.32 Å². The van der Waals surface area contributed by atoms with Crippen LogP contribution in [0.2, 0.25) is 0 Å². The van der Waals surface area contributed by atoms with E-state index in [1.807, 2.05) is 12.2 Å². The molecule has 1 N–H and O–H groups in total. The summed E-state index contributed by atoms with van der Waals surface area (Å²) >= 11 is 1.12. The normalized spacial score (nSPS) is 18.1. The van der Waals surface area contributed by atoms with E-state index in [-0.39, 0.29) is 17.6 Å². The van der Waals surface area contributed by atoms with E-state index in [1.165, 1.54) is 18.2 Å². The molecule has 0 radical (unpaired) electrons. The molecule has 1 amide bonds. The molecule has 1 aliphatic carbocycles. The largest absolute Gasteiger partial charge is 0.573 e. The zero-order chi connectivity index (χ0) is 16.4. The number of nitrogens with one attached hydrogen (secondary N) is 1. The summed E-state index contributed by atoms with van der Waals surface area (Å²) in [4.78, 5) is 16.4. The summed E-state index contributed by atoms with van der Waals surface area (Å²) < 4.78 is 41.1. The first kappa shape index (κ1) is 15.8. The molecule has 0 fully saturated rings. The molecule has 0 aliphatic heterocycles. The van der Waals surface area contributed by atoms with Crippen molar-refractivity contribution >= 4 is 32.6 Å². The zero-order valence-electron chi connectivity index (χ0n) is 11.9. The fourth-order valence-electron chi connectivity index (χ4n) is 2.39. The zero-order valence-corrected chi connectivity index (χ0v) is 12.7. The molecule has 8 heteroatoms. The number of halogens is 3. The average Bonchev–Trinajstić information content (AvgIpc) is 2.88. The quantitative estimate of drug-likeness (QED) is 0.836. The maximum atomic E-state index is 12.2. The summed E-state index contributed by atoms with van der Waals surface area (Å²) in [6.07, 6.45) is 1.65. The summed E-state index contributed by atoms with van der Waals surface area (Å²) in [5, 5.41) is 3.12. The molecule has 2 aromatic rings. The molecule has 1 unspecified atom stereocenters. The molecule has 0 bridgehead atoms. The minimum atomic E-state index is -4.73. The van der Waals surface area contributed by atoms with E-state index in [4.69, 9.17) is 0 Å². The lowest BCUT2D eigenvalue weighted by Crippen LogP contribution is -2.23. The Bertz CT molecular complexity index is 755. The van der Waals surface area contributed by atoms with Crippen LogP contribution in [-0.4, -0.2) is 17.3 Å². The van der Waals surface area contributed by atoms with Gasteiger partial charge in [0.25, 0.3) is 0 Å². The fraction of sp³-hybridized carbons (Fsp3) is 0.333. The van der Waals surface area contributed by atoms with Crippen molar-refractivity contribution in [3.63, 3.8) is 0 Å². The third kappa shape index (κ3) is 4.01. The number of fused-ring (bicyclic) bond motifs is 1. The van der Waals surface area contributed by atoms with E-state index in [2.05, 4.69) is 15.0 Å². The van der Waals surface area contributed by atoms with Gasteiger partial charge in [-0.25, -0.2) is 4.98 Å². The molecule has 1 heterocycles. The number of alkyl halides is 3. The number of allylic oxidation sites excluding steroid dienone is 2. The molecule has 0 saturated heterocycles. The van der Waals surface area contributed by atoms with Crippen molar-refractivity contribution in [2.45, 2.75) is 25.6 Å². The molecule has 1 aliphatic rings. The molecule has 23 heavy (non-hydrogen) atoms. The Balaban J connectivity index is 1.74. The topological polar surface area (TPSA) is 51.2 Å². The molecule has 1 aromatic carbocycles. The number of hydrogen-bond donors (Lipinski definition) is 1. The minimum Gasteiger partial charge on any atom is -0.406 e. The molecule has 0 spiro atoms. The fourth-order valence-corrected chi connectivity index (χ4v) is 3.29. The summed E-state index contributed by atoms with van der Waals surface area (Å²) in [6.45, 7) is 0. The summed E-state index contributed by atoms with van der Waals surface area (Å²) in [5.74, 6) is -0.500. The second-order valence-corrected chi connectivity index (χ2v) is 6.20. The molecular formula is C15H13F3N2O2S. The Labute approximate surface area is 134 Å². The monoisotopic (exact) mass is 342 g/mol. The summed E-state index contributed by atoms with van der Waals surface area (Å²) in [5.41, 5.74) is 0.517. The first-order valence-electron chi connectivity index (χ1n) is 7.03. The van der Waals surface area contributed by atoms with Crippen molar-refractivity contribution in [3.05, 3.63) is 30.4 Å². The number of carbonyl (C=O) groups excluding carboxylic acids is 1. The van der Waals surface area contributed by atoms with E-state index in [0.717, 1.165) is 24.2 Å². The van der Waals surface area contributed by atoms with Crippen molar-refractivity contribution in [1.29, 1.82) is 0 Å². The van der Waals surface area contributed by atoms with Gasteiger partial charge in [0.05, 0.1) is 10.2 Å². The van der Waals surface area contributed by atoms with Gasteiger partial charge in [0.1, 0.15) is 5.75 Å². The predicted octanol–water partition coefficient (Wildman–Crippen LogP) is 4.49. The van der Waals surface area contributed by atoms with Crippen LogP contribution >= 0.6 is 11.3 Å². The first-order chi connectivity index (χ1) is 10.9. The molecule has 0 saturated carbocycles. The number of hydrogen-bond acceptors (Lipinski definition) is 4. The Morgan fingerprint density at radius 3 is 2.87 bits per heavy atom. The van der Waals surface area contributed by atoms with Crippen LogP contribution in [0.5, 0.6) is 5.75 Å². The van der Waals surface area contributed by atoms with Gasteiger partial charge in [0.2, 0.25) is 5.91 Å². The van der Waals surface area contributed by atoms with Crippen molar-refractivity contribution in [1.82, 2.24) is 4.98 Å². The second-order valence-electron chi connectivity index (χ2n) is 5.17. The number of carbonyl (C=O) groups is 1. The Morgan fingerprint density at radius 1 is 1.35 bits per heavy atom. The van der Waals surface area contributed by atoms with Gasteiger partial charge < -0.3 is 10.1 Å². The Morgan fingerprint density at radius 2 is 2.17 bits per heavy atom. The van der Waals surface area contributed by atoms with Crippen LogP contribution in [0.15, 0.2) is 30.4 Å².